The quantitative estimate of drug-likeness (QED) is 0.449. The maximum absolute atomic E-state index is 11.5. The van der Waals surface area contributed by atoms with Crippen molar-refractivity contribution in [1.82, 2.24) is 10.6 Å². The van der Waals surface area contributed by atoms with Crippen LogP contribution >= 0.6 is 0 Å². The van der Waals surface area contributed by atoms with Gasteiger partial charge in [-0.15, -0.1) is 0 Å². The lowest BCUT2D eigenvalue weighted by atomic mass is 10.1. The van der Waals surface area contributed by atoms with Crippen LogP contribution in [0, 0.1) is 0 Å². The molecule has 0 radical (unpaired) electrons. The molecule has 0 aliphatic carbocycles. The van der Waals surface area contributed by atoms with Crippen molar-refractivity contribution in [3.05, 3.63) is 0 Å². The largest absolute Gasteiger partial charge is 0.480 e. The van der Waals surface area contributed by atoms with E-state index in [9.17, 15) is 9.59 Å². The molecular formula is C11H21N3O3. The topological polar surface area (TPSA) is 104 Å². The van der Waals surface area contributed by atoms with Crippen LogP contribution in [-0.2, 0) is 9.59 Å². The third kappa shape index (κ3) is 5.65. The van der Waals surface area contributed by atoms with Gasteiger partial charge in [-0.2, -0.15) is 0 Å². The Bertz CT molecular complexity index is 265. The molecule has 6 nitrogen and oxygen atoms in total. The molecule has 1 heterocycles. The van der Waals surface area contributed by atoms with E-state index in [0.29, 0.717) is 31.8 Å². The minimum atomic E-state index is -0.994. The molecule has 6 heteroatoms. The number of nitrogens with two attached hydrogens (primary N) is 1. The molecular weight excluding hydrogens is 222 g/mol. The van der Waals surface area contributed by atoms with E-state index in [2.05, 4.69) is 10.6 Å². The van der Waals surface area contributed by atoms with Crippen molar-refractivity contribution in [3.8, 4) is 0 Å². The molecule has 0 bridgehead atoms. The number of hydrogen-bond acceptors (Lipinski definition) is 4. The number of aliphatic carboxylic acids is 1. The average molecular weight is 243 g/mol. The Morgan fingerprint density at radius 2 is 2.29 bits per heavy atom. The first-order chi connectivity index (χ1) is 8.09. The van der Waals surface area contributed by atoms with Crippen LogP contribution < -0.4 is 16.4 Å². The number of carboxylic acids is 1. The van der Waals surface area contributed by atoms with Crippen LogP contribution in [0.2, 0.25) is 0 Å². The second-order valence-corrected chi connectivity index (χ2v) is 4.43. The third-order valence-corrected chi connectivity index (χ3v) is 2.93. The Labute approximate surface area is 101 Å². The summed E-state index contributed by atoms with van der Waals surface area (Å²) < 4.78 is 0. The van der Waals surface area contributed by atoms with E-state index in [1.165, 1.54) is 0 Å². The molecule has 1 aliphatic rings. The number of carbonyl (C=O) groups excluding carboxylic acids is 1. The summed E-state index contributed by atoms with van der Waals surface area (Å²) in [5, 5.41) is 14.6. The van der Waals surface area contributed by atoms with E-state index in [1.807, 2.05) is 0 Å². The number of nitrogens with one attached hydrogen (secondary N) is 2. The number of rotatable bonds is 7. The van der Waals surface area contributed by atoms with Crippen molar-refractivity contribution in [1.29, 1.82) is 0 Å². The highest BCUT2D eigenvalue weighted by atomic mass is 16.4. The van der Waals surface area contributed by atoms with Gasteiger partial charge in [-0.05, 0) is 32.2 Å². The Morgan fingerprint density at radius 1 is 1.53 bits per heavy atom. The van der Waals surface area contributed by atoms with Gasteiger partial charge in [0.25, 0.3) is 0 Å². The molecule has 0 aromatic rings. The molecule has 0 aromatic carbocycles. The summed E-state index contributed by atoms with van der Waals surface area (Å²) in [6.07, 6.45) is 3.67. The Kier molecular flexibility index (Phi) is 5.93. The van der Waals surface area contributed by atoms with Gasteiger partial charge >= 0.3 is 5.97 Å². The van der Waals surface area contributed by atoms with Gasteiger partial charge in [0.15, 0.2) is 0 Å². The maximum Gasteiger partial charge on any atom is 0.320 e. The van der Waals surface area contributed by atoms with Crippen LogP contribution in [-0.4, -0.2) is 42.2 Å². The smallest absolute Gasteiger partial charge is 0.320 e. The fourth-order valence-corrected chi connectivity index (χ4v) is 1.90. The standard InChI is InChI=1S/C11H21N3O3/c12-9(11(16)17)4-2-6-14-10(15)7-8-3-1-5-13-8/h8-9,13H,1-7,12H2,(H,14,15)(H,16,17). The molecule has 2 unspecified atom stereocenters. The monoisotopic (exact) mass is 243 g/mol. The van der Waals surface area contributed by atoms with Crippen LogP contribution in [0.1, 0.15) is 32.1 Å². The van der Waals surface area contributed by atoms with Gasteiger partial charge in [-0.3, -0.25) is 9.59 Å². The molecule has 0 spiro atoms. The lowest BCUT2D eigenvalue weighted by Gasteiger charge is -2.11. The van der Waals surface area contributed by atoms with Crippen molar-refractivity contribution >= 4 is 11.9 Å². The summed E-state index contributed by atoms with van der Waals surface area (Å²) in [6, 6.07) is -0.528. The summed E-state index contributed by atoms with van der Waals surface area (Å²) in [5.74, 6) is -0.972. The van der Waals surface area contributed by atoms with E-state index < -0.39 is 12.0 Å². The predicted octanol–water partition coefficient (Wildman–Crippen LogP) is -0.563. The van der Waals surface area contributed by atoms with Gasteiger partial charge in [-0.25, -0.2) is 0 Å². The second kappa shape index (κ2) is 7.24. The first kappa shape index (κ1) is 13.9. The molecule has 1 rings (SSSR count). The van der Waals surface area contributed by atoms with Gasteiger partial charge in [0.05, 0.1) is 0 Å². The molecule has 17 heavy (non-hydrogen) atoms. The first-order valence-corrected chi connectivity index (χ1v) is 6.08. The molecule has 5 N–H and O–H groups in total. The van der Waals surface area contributed by atoms with Crippen molar-refractivity contribution < 1.29 is 14.7 Å². The highest BCUT2D eigenvalue weighted by Crippen LogP contribution is 2.08. The van der Waals surface area contributed by atoms with Crippen molar-refractivity contribution in [2.24, 2.45) is 5.73 Å². The zero-order chi connectivity index (χ0) is 12.7. The van der Waals surface area contributed by atoms with E-state index >= 15 is 0 Å². The minimum absolute atomic E-state index is 0.0216. The molecule has 2 atom stereocenters. The summed E-state index contributed by atoms with van der Waals surface area (Å²) in [7, 11) is 0. The highest BCUT2D eigenvalue weighted by Gasteiger charge is 2.17. The molecule has 98 valence electrons. The molecule has 1 fully saturated rings. The maximum atomic E-state index is 11.5. The number of hydrogen-bond donors (Lipinski definition) is 4. The molecule has 1 saturated heterocycles. The Balaban J connectivity index is 2.01. The van der Waals surface area contributed by atoms with Gasteiger partial charge < -0.3 is 21.5 Å². The zero-order valence-electron chi connectivity index (χ0n) is 9.95. The number of amides is 1. The van der Waals surface area contributed by atoms with Crippen molar-refractivity contribution in [3.63, 3.8) is 0 Å². The molecule has 0 saturated carbocycles. The Hall–Kier alpha value is -1.14. The molecule has 1 amide bonds. The molecule has 0 aromatic heterocycles. The van der Waals surface area contributed by atoms with Crippen LogP contribution in [0.25, 0.3) is 0 Å². The summed E-state index contributed by atoms with van der Waals surface area (Å²) in [4.78, 5) is 21.9. The van der Waals surface area contributed by atoms with Gasteiger partial charge in [0.2, 0.25) is 5.91 Å². The van der Waals surface area contributed by atoms with Gasteiger partial charge in [0.1, 0.15) is 6.04 Å². The van der Waals surface area contributed by atoms with E-state index in [0.717, 1.165) is 19.4 Å². The summed E-state index contributed by atoms with van der Waals surface area (Å²) in [6.45, 7) is 1.48. The summed E-state index contributed by atoms with van der Waals surface area (Å²) in [5.41, 5.74) is 5.34. The van der Waals surface area contributed by atoms with E-state index in [-0.39, 0.29) is 5.91 Å². The zero-order valence-corrected chi connectivity index (χ0v) is 9.95. The van der Waals surface area contributed by atoms with Gasteiger partial charge in [-0.1, -0.05) is 0 Å². The second-order valence-electron chi connectivity index (χ2n) is 4.43. The van der Waals surface area contributed by atoms with Gasteiger partial charge in [0, 0.05) is 19.0 Å². The van der Waals surface area contributed by atoms with Crippen molar-refractivity contribution in [2.45, 2.75) is 44.2 Å². The minimum Gasteiger partial charge on any atom is -0.480 e. The normalized spacial score (nSPS) is 21.1. The number of carbonyl (C=O) groups is 2. The third-order valence-electron chi connectivity index (χ3n) is 2.93. The highest BCUT2D eigenvalue weighted by molar-refractivity contribution is 5.76. The SMILES string of the molecule is NC(CCCNC(=O)CC1CCCN1)C(=O)O. The van der Waals surface area contributed by atoms with Crippen LogP contribution in [0.4, 0.5) is 0 Å². The van der Waals surface area contributed by atoms with Crippen LogP contribution in [0.15, 0.2) is 0 Å². The van der Waals surface area contributed by atoms with E-state index in [4.69, 9.17) is 10.8 Å². The van der Waals surface area contributed by atoms with Crippen molar-refractivity contribution in [2.75, 3.05) is 13.1 Å². The van der Waals surface area contributed by atoms with E-state index in [1.54, 1.807) is 0 Å². The first-order valence-electron chi connectivity index (χ1n) is 6.08. The fraction of sp³-hybridized carbons (Fsp3) is 0.818. The molecule has 1 aliphatic heterocycles. The van der Waals surface area contributed by atoms with Crippen LogP contribution in [0.5, 0.6) is 0 Å². The predicted molar refractivity (Wildman–Crippen MR) is 63.5 cm³/mol. The average Bonchev–Trinajstić information content (AvgIpc) is 2.76. The number of carboxylic acid groups (broad SMARTS) is 1. The fourth-order valence-electron chi connectivity index (χ4n) is 1.90. The lowest BCUT2D eigenvalue weighted by molar-refractivity contribution is -0.138. The van der Waals surface area contributed by atoms with Crippen LogP contribution in [0.3, 0.4) is 0 Å². The lowest BCUT2D eigenvalue weighted by Crippen LogP contribution is -2.34. The summed E-state index contributed by atoms with van der Waals surface area (Å²) >= 11 is 0. The Morgan fingerprint density at radius 3 is 2.88 bits per heavy atom.